The van der Waals surface area contributed by atoms with Crippen LogP contribution in [0.1, 0.15) is 56.1 Å². The molecular weight excluding hydrogens is 370 g/mol. The SMILES string of the molecule is Cc1oc(-c2ccn[nH]2)cc1S(=O)(=O)N1CCC[C@H]1c1nc(C(C)C)no1. The largest absolute Gasteiger partial charge is 0.458 e. The summed E-state index contributed by atoms with van der Waals surface area (Å²) in [5.41, 5.74) is 0.621. The molecule has 0 radical (unpaired) electrons. The number of hydrogen-bond acceptors (Lipinski definition) is 7. The molecule has 0 bridgehead atoms. The molecule has 10 heteroatoms. The number of hydrogen-bond donors (Lipinski definition) is 1. The zero-order valence-electron chi connectivity index (χ0n) is 15.3. The molecular formula is C17H21N5O4S. The highest BCUT2D eigenvalue weighted by Gasteiger charge is 2.41. The standard InChI is InChI=1S/C17H21N5O4S/c1-10(2)16-19-17(26-21-16)13-5-4-8-22(13)27(23,24)15-9-14(25-11(15)3)12-6-7-18-20-12/h6-7,9-10,13H,4-5,8H2,1-3H3,(H,18,20)/t13-/m0/s1. The highest BCUT2D eigenvalue weighted by atomic mass is 32.2. The monoisotopic (exact) mass is 391 g/mol. The Morgan fingerprint density at radius 2 is 2.19 bits per heavy atom. The number of aryl methyl sites for hydroxylation is 1. The summed E-state index contributed by atoms with van der Waals surface area (Å²) < 4.78 is 39.1. The lowest BCUT2D eigenvalue weighted by atomic mass is 10.2. The van der Waals surface area contributed by atoms with Crippen LogP contribution in [0.15, 0.2) is 32.2 Å². The number of sulfonamides is 1. The molecule has 3 aromatic heterocycles. The molecule has 1 atom stereocenters. The molecule has 0 aliphatic carbocycles. The lowest BCUT2D eigenvalue weighted by Gasteiger charge is -2.20. The number of aromatic amines is 1. The second kappa shape index (κ2) is 6.61. The van der Waals surface area contributed by atoms with Crippen LogP contribution in [0.3, 0.4) is 0 Å². The van der Waals surface area contributed by atoms with Gasteiger partial charge in [-0.2, -0.15) is 14.4 Å². The van der Waals surface area contributed by atoms with Gasteiger partial charge in [-0.25, -0.2) is 8.42 Å². The molecule has 1 fully saturated rings. The van der Waals surface area contributed by atoms with Gasteiger partial charge in [-0.3, -0.25) is 5.10 Å². The zero-order valence-corrected chi connectivity index (χ0v) is 16.2. The van der Waals surface area contributed by atoms with Crippen molar-refractivity contribution in [1.29, 1.82) is 0 Å². The van der Waals surface area contributed by atoms with E-state index in [1.165, 1.54) is 10.4 Å². The van der Waals surface area contributed by atoms with Gasteiger partial charge in [0.1, 0.15) is 22.4 Å². The Hall–Kier alpha value is -2.46. The predicted octanol–water partition coefficient (Wildman–Crippen LogP) is 3.01. The zero-order chi connectivity index (χ0) is 19.2. The van der Waals surface area contributed by atoms with Crippen molar-refractivity contribution in [3.63, 3.8) is 0 Å². The van der Waals surface area contributed by atoms with Crippen molar-refractivity contribution in [1.82, 2.24) is 24.6 Å². The van der Waals surface area contributed by atoms with Crippen LogP contribution in [-0.2, 0) is 10.0 Å². The van der Waals surface area contributed by atoms with Crippen molar-refractivity contribution in [3.05, 3.63) is 35.8 Å². The van der Waals surface area contributed by atoms with Gasteiger partial charge in [-0.05, 0) is 25.8 Å². The van der Waals surface area contributed by atoms with Gasteiger partial charge in [0.05, 0.1) is 0 Å². The molecule has 0 aromatic carbocycles. The van der Waals surface area contributed by atoms with Crippen LogP contribution in [0.4, 0.5) is 0 Å². The van der Waals surface area contributed by atoms with E-state index < -0.39 is 16.1 Å². The number of nitrogens with zero attached hydrogens (tertiary/aromatic N) is 4. The first-order valence-corrected chi connectivity index (χ1v) is 10.3. The van der Waals surface area contributed by atoms with Gasteiger partial charge < -0.3 is 8.94 Å². The summed E-state index contributed by atoms with van der Waals surface area (Å²) in [5, 5.41) is 10.6. The van der Waals surface area contributed by atoms with Gasteiger partial charge in [0.15, 0.2) is 11.6 Å². The number of aromatic nitrogens is 4. The third-order valence-electron chi connectivity index (χ3n) is 4.69. The van der Waals surface area contributed by atoms with Gasteiger partial charge in [0, 0.05) is 24.7 Å². The van der Waals surface area contributed by atoms with Gasteiger partial charge >= 0.3 is 0 Å². The van der Waals surface area contributed by atoms with E-state index in [0.29, 0.717) is 41.9 Å². The quantitative estimate of drug-likeness (QED) is 0.710. The second-order valence-electron chi connectivity index (χ2n) is 6.92. The van der Waals surface area contributed by atoms with Crippen LogP contribution in [0, 0.1) is 6.92 Å². The average molecular weight is 391 g/mol. The van der Waals surface area contributed by atoms with Crippen LogP contribution in [0.2, 0.25) is 0 Å². The minimum absolute atomic E-state index is 0.113. The highest BCUT2D eigenvalue weighted by Crippen LogP contribution is 2.38. The molecule has 0 unspecified atom stereocenters. The summed E-state index contributed by atoms with van der Waals surface area (Å²) in [7, 11) is -3.77. The minimum Gasteiger partial charge on any atom is -0.458 e. The smallest absolute Gasteiger partial charge is 0.247 e. The van der Waals surface area contributed by atoms with Crippen LogP contribution in [0.5, 0.6) is 0 Å². The van der Waals surface area contributed by atoms with Crippen molar-refractivity contribution in [2.45, 2.75) is 50.5 Å². The van der Waals surface area contributed by atoms with E-state index in [1.807, 2.05) is 13.8 Å². The van der Waals surface area contributed by atoms with Crippen molar-refractivity contribution < 1.29 is 17.4 Å². The highest BCUT2D eigenvalue weighted by molar-refractivity contribution is 7.89. The third-order valence-corrected chi connectivity index (χ3v) is 6.70. The first-order chi connectivity index (χ1) is 12.9. The molecule has 9 nitrogen and oxygen atoms in total. The lowest BCUT2D eigenvalue weighted by molar-refractivity contribution is 0.288. The molecule has 1 saturated heterocycles. The predicted molar refractivity (Wildman–Crippen MR) is 95.3 cm³/mol. The average Bonchev–Trinajstić information content (AvgIpc) is 3.38. The molecule has 0 amide bonds. The summed E-state index contributed by atoms with van der Waals surface area (Å²) in [6.45, 7) is 5.96. The Morgan fingerprint density at radius 3 is 2.85 bits per heavy atom. The van der Waals surface area contributed by atoms with E-state index in [9.17, 15) is 8.42 Å². The minimum atomic E-state index is -3.77. The van der Waals surface area contributed by atoms with E-state index in [1.54, 1.807) is 19.2 Å². The number of furan rings is 1. The normalized spacial score (nSPS) is 18.6. The van der Waals surface area contributed by atoms with E-state index >= 15 is 0 Å². The van der Waals surface area contributed by atoms with Crippen LogP contribution in [-0.4, -0.2) is 39.6 Å². The first kappa shape index (κ1) is 17.9. The number of nitrogens with one attached hydrogen (secondary N) is 1. The van der Waals surface area contributed by atoms with Crippen molar-refractivity contribution >= 4 is 10.0 Å². The maximum Gasteiger partial charge on any atom is 0.247 e. The van der Waals surface area contributed by atoms with Crippen molar-refractivity contribution in [2.75, 3.05) is 6.54 Å². The summed E-state index contributed by atoms with van der Waals surface area (Å²) >= 11 is 0. The summed E-state index contributed by atoms with van der Waals surface area (Å²) in [6, 6.07) is 2.79. The molecule has 0 saturated carbocycles. The molecule has 3 aromatic rings. The summed E-state index contributed by atoms with van der Waals surface area (Å²) in [5.74, 6) is 1.80. The molecule has 144 valence electrons. The fourth-order valence-corrected chi connectivity index (χ4v) is 5.08. The van der Waals surface area contributed by atoms with Gasteiger partial charge in [-0.1, -0.05) is 19.0 Å². The fourth-order valence-electron chi connectivity index (χ4n) is 3.27. The summed E-state index contributed by atoms with van der Waals surface area (Å²) in [4.78, 5) is 4.54. The number of rotatable bonds is 5. The third kappa shape index (κ3) is 3.08. The molecule has 1 aliphatic heterocycles. The Balaban J connectivity index is 1.68. The van der Waals surface area contributed by atoms with Gasteiger partial charge in [0.25, 0.3) is 0 Å². The Morgan fingerprint density at radius 1 is 1.37 bits per heavy atom. The van der Waals surface area contributed by atoms with Gasteiger partial charge in [-0.15, -0.1) is 0 Å². The molecule has 1 N–H and O–H groups in total. The molecule has 4 rings (SSSR count). The summed E-state index contributed by atoms with van der Waals surface area (Å²) in [6.07, 6.45) is 2.95. The Labute approximate surface area is 156 Å². The molecule has 1 aliphatic rings. The van der Waals surface area contributed by atoms with E-state index in [2.05, 4.69) is 20.3 Å². The van der Waals surface area contributed by atoms with Crippen LogP contribution < -0.4 is 0 Å². The van der Waals surface area contributed by atoms with Crippen molar-refractivity contribution in [3.8, 4) is 11.5 Å². The van der Waals surface area contributed by atoms with E-state index in [0.717, 1.165) is 6.42 Å². The second-order valence-corrected chi connectivity index (χ2v) is 8.78. The fraction of sp³-hybridized carbons (Fsp3) is 0.471. The Bertz CT molecular complexity index is 1040. The van der Waals surface area contributed by atoms with Gasteiger partial charge in [0.2, 0.25) is 15.9 Å². The van der Waals surface area contributed by atoms with E-state index in [-0.39, 0.29) is 10.8 Å². The first-order valence-electron chi connectivity index (χ1n) is 8.83. The maximum absolute atomic E-state index is 13.3. The maximum atomic E-state index is 13.3. The van der Waals surface area contributed by atoms with Crippen LogP contribution in [0.25, 0.3) is 11.5 Å². The van der Waals surface area contributed by atoms with Crippen molar-refractivity contribution in [2.24, 2.45) is 0 Å². The topological polar surface area (TPSA) is 118 Å². The lowest BCUT2D eigenvalue weighted by Crippen LogP contribution is -2.31. The van der Waals surface area contributed by atoms with Crippen LogP contribution >= 0.6 is 0 Å². The molecule has 0 spiro atoms. The molecule has 4 heterocycles. The molecule has 27 heavy (non-hydrogen) atoms. The Kier molecular flexibility index (Phi) is 4.39. The van der Waals surface area contributed by atoms with E-state index in [4.69, 9.17) is 8.94 Å². The number of H-pyrrole nitrogens is 1.